The number of rotatable bonds is 11. The molecule has 0 aliphatic heterocycles. The zero-order valence-corrected chi connectivity index (χ0v) is 31.8. The Labute approximate surface area is 313 Å². The second kappa shape index (κ2) is 21.6. The van der Waals surface area contributed by atoms with E-state index in [1.807, 2.05) is 80.5 Å². The van der Waals surface area contributed by atoms with Crippen molar-refractivity contribution in [3.63, 3.8) is 0 Å². The number of hydrogen-bond acceptors (Lipinski definition) is 10. The van der Waals surface area contributed by atoms with Crippen LogP contribution >= 0.6 is 7.60 Å². The van der Waals surface area contributed by atoms with E-state index in [4.69, 9.17) is 13.9 Å². The van der Waals surface area contributed by atoms with Gasteiger partial charge in [-0.05, 0) is 82.8 Å². The molecular formula is C30H39CuF12N2O8P. The van der Waals surface area contributed by atoms with Gasteiger partial charge in [0.05, 0.1) is 18.9 Å². The Kier molecular flexibility index (Phi) is 22.2. The van der Waals surface area contributed by atoms with Gasteiger partial charge in [0.2, 0.25) is 0 Å². The van der Waals surface area contributed by atoms with Gasteiger partial charge in [-0.1, -0.05) is 26.8 Å². The van der Waals surface area contributed by atoms with Gasteiger partial charge in [-0.2, -0.15) is 57.7 Å². The van der Waals surface area contributed by atoms with Crippen LogP contribution in [-0.4, -0.2) is 70.9 Å². The topological polar surface area (TPSA) is 141 Å². The first kappa shape index (κ1) is 55.7. The Balaban J connectivity index is -0.000000809. The molecule has 10 nitrogen and oxygen atoms in total. The molecule has 0 aliphatic rings. The summed E-state index contributed by atoms with van der Waals surface area (Å²) in [6, 6.07) is 5.71. The molecule has 0 unspecified atom stereocenters. The summed E-state index contributed by atoms with van der Waals surface area (Å²) < 4.78 is 161. The summed E-state index contributed by atoms with van der Waals surface area (Å²) in [6.45, 7) is 18.3. The van der Waals surface area contributed by atoms with Gasteiger partial charge in [0.1, 0.15) is 11.9 Å². The van der Waals surface area contributed by atoms with Crippen molar-refractivity contribution in [1.82, 2.24) is 10.0 Å². The van der Waals surface area contributed by atoms with Crippen LogP contribution < -0.4 is 10.2 Å². The van der Waals surface area contributed by atoms with Crippen LogP contribution in [0.1, 0.15) is 74.1 Å². The number of pyridine rings is 1. The van der Waals surface area contributed by atoms with Gasteiger partial charge in [-0.15, -0.1) is 0 Å². The number of hydrogen-bond donors (Lipinski definition) is 0. The maximum Gasteiger partial charge on any atom is 2.00 e. The van der Waals surface area contributed by atoms with Gasteiger partial charge in [-0.25, -0.2) is 0 Å². The quantitative estimate of drug-likeness (QED) is 0.0544. The summed E-state index contributed by atoms with van der Waals surface area (Å²) in [5.41, 5.74) is -0.0518. The van der Waals surface area contributed by atoms with Crippen molar-refractivity contribution in [3.05, 3.63) is 53.8 Å². The van der Waals surface area contributed by atoms with Crippen molar-refractivity contribution < 1.29 is 108 Å². The van der Waals surface area contributed by atoms with Crippen LogP contribution in [0.4, 0.5) is 52.7 Å². The normalized spacial score (nSPS) is 14.9. The molecule has 1 radical (unpaired) electrons. The molecule has 1 heterocycles. The van der Waals surface area contributed by atoms with Gasteiger partial charge in [0, 0.05) is 11.7 Å². The van der Waals surface area contributed by atoms with Crippen molar-refractivity contribution in [2.45, 2.75) is 104 Å². The van der Waals surface area contributed by atoms with E-state index >= 15 is 0 Å². The van der Waals surface area contributed by atoms with Gasteiger partial charge < -0.3 is 19.3 Å². The number of aromatic nitrogens is 1. The predicted octanol–water partition coefficient (Wildman–Crippen LogP) is 7.66. The second-order valence-corrected chi connectivity index (χ2v) is 14.4. The largest absolute Gasteiger partial charge is 2.00 e. The summed E-state index contributed by atoms with van der Waals surface area (Å²) in [6.07, 6.45) is -22.5. The van der Waals surface area contributed by atoms with E-state index in [-0.39, 0.29) is 23.2 Å². The van der Waals surface area contributed by atoms with Crippen LogP contribution in [0.2, 0.25) is 0 Å². The molecule has 54 heavy (non-hydrogen) atoms. The van der Waals surface area contributed by atoms with Crippen LogP contribution in [-0.2, 0) is 45.1 Å². The van der Waals surface area contributed by atoms with Gasteiger partial charge in [0.25, 0.3) is 11.6 Å². The average Bonchev–Trinajstić information content (AvgIpc) is 2.95. The first-order chi connectivity index (χ1) is 23.5. The fourth-order valence-electron chi connectivity index (χ4n) is 3.48. The standard InChI is InChI=1S/C20H37N2O4P.2C5H2F6O2.Cu/c1-10-24-27(23,25-11-2)18(19(4,5)6)22(20(7,8)9)26-16(3)17-14-12-13-15-21-17;2*6-4(7,8)2(12)1-3(13)5(9,10)11;/h12-16,18H,10-11H2,1-9H3;2*1,12H;/q;;;+2/p-2/b;2*2-1-;/t16-,18+;;;/m1.../s1. The van der Waals surface area contributed by atoms with Crippen molar-refractivity contribution in [3.8, 4) is 0 Å². The van der Waals surface area contributed by atoms with Crippen molar-refractivity contribution in [1.29, 1.82) is 0 Å². The van der Waals surface area contributed by atoms with Gasteiger partial charge >= 0.3 is 49.4 Å². The third-order valence-electron chi connectivity index (χ3n) is 5.59. The van der Waals surface area contributed by atoms with E-state index in [1.54, 1.807) is 11.3 Å². The summed E-state index contributed by atoms with van der Waals surface area (Å²) in [4.78, 5) is 30.4. The Hall–Kier alpha value is -2.68. The van der Waals surface area contributed by atoms with Crippen molar-refractivity contribution >= 4 is 19.2 Å². The molecule has 1 aromatic heterocycles. The first-order valence-corrected chi connectivity index (χ1v) is 16.5. The molecule has 0 fully saturated rings. The zero-order valence-electron chi connectivity index (χ0n) is 30.0. The Morgan fingerprint density at radius 3 is 1.37 bits per heavy atom. The van der Waals surface area contributed by atoms with E-state index in [0.717, 1.165) is 5.69 Å². The van der Waals surface area contributed by atoms with Crippen LogP contribution in [0.25, 0.3) is 0 Å². The Morgan fingerprint density at radius 1 is 0.759 bits per heavy atom. The summed E-state index contributed by atoms with van der Waals surface area (Å²) in [5, 5.41) is 21.4. The fraction of sp³-hybridized carbons (Fsp3) is 0.633. The maximum atomic E-state index is 13.8. The van der Waals surface area contributed by atoms with Crippen LogP contribution in [0.15, 0.2) is 48.1 Å². The molecule has 24 heteroatoms. The molecule has 0 aliphatic carbocycles. The first-order valence-electron chi connectivity index (χ1n) is 14.9. The minimum absolute atomic E-state index is 0. The molecule has 0 bridgehead atoms. The van der Waals surface area contributed by atoms with Crippen LogP contribution in [0.3, 0.4) is 0 Å². The number of alkyl halides is 12. The summed E-state index contributed by atoms with van der Waals surface area (Å²) in [5.74, 6) is -11.9. The third-order valence-corrected chi connectivity index (χ3v) is 8.41. The SMILES string of the molecule is CCOP(=O)(OCC)[C@H](N(O[C@H](C)c1ccccn1)C(C)(C)C)C(C)(C)C.O=C(/C=C(\[O-])C(F)(F)F)C(F)(F)F.O=C(/C=C(\[O-])C(F)(F)F)C(F)(F)F.[Cu+2]. The number of nitrogens with zero attached hydrogens (tertiary/aromatic N) is 2. The van der Waals surface area contributed by atoms with Gasteiger partial charge in [-0.3, -0.25) is 24.0 Å². The smallest absolute Gasteiger partial charge is 0.869 e. The van der Waals surface area contributed by atoms with Crippen molar-refractivity contribution in [2.24, 2.45) is 5.41 Å². The number of carbonyl (C=O) groups excluding carboxylic acids is 2. The van der Waals surface area contributed by atoms with E-state index in [1.165, 1.54) is 0 Å². The summed E-state index contributed by atoms with van der Waals surface area (Å²) in [7, 11) is -3.47. The number of allylic oxidation sites excluding steroid dienone is 4. The van der Waals surface area contributed by atoms with E-state index < -0.39 is 84.3 Å². The molecular weight excluding hydrogens is 839 g/mol. The monoisotopic (exact) mass is 877 g/mol. The molecule has 0 spiro atoms. The number of carbonyl (C=O) groups is 2. The van der Waals surface area contributed by atoms with Crippen LogP contribution in [0, 0.1) is 5.41 Å². The van der Waals surface area contributed by atoms with Crippen molar-refractivity contribution in [2.75, 3.05) is 13.2 Å². The molecule has 0 amide bonds. The number of halogens is 12. The average molecular weight is 878 g/mol. The van der Waals surface area contributed by atoms with Crippen LogP contribution in [0.5, 0.6) is 0 Å². The van der Waals surface area contributed by atoms with E-state index in [0.29, 0.717) is 13.2 Å². The molecule has 0 saturated heterocycles. The summed E-state index contributed by atoms with van der Waals surface area (Å²) >= 11 is 0. The van der Waals surface area contributed by atoms with E-state index in [2.05, 4.69) is 4.98 Å². The zero-order chi connectivity index (χ0) is 42.6. The minimum Gasteiger partial charge on any atom is -0.869 e. The fourth-order valence-corrected chi connectivity index (χ4v) is 6.16. The molecule has 0 saturated carbocycles. The maximum absolute atomic E-state index is 13.8. The van der Waals surface area contributed by atoms with Gasteiger partial charge in [0.15, 0.2) is 0 Å². The molecule has 1 aromatic rings. The third kappa shape index (κ3) is 20.3. The molecule has 1 rings (SSSR count). The molecule has 317 valence electrons. The second-order valence-electron chi connectivity index (χ2n) is 12.4. The van der Waals surface area contributed by atoms with E-state index in [9.17, 15) is 77.1 Å². The number of hydroxylamine groups is 2. The molecule has 0 N–H and O–H groups in total. The minimum atomic E-state index is -5.46. The molecule has 0 aromatic carbocycles. The number of ketones is 2. The Morgan fingerprint density at radius 2 is 1.13 bits per heavy atom. The predicted molar refractivity (Wildman–Crippen MR) is 160 cm³/mol. The molecule has 2 atom stereocenters. The Bertz CT molecular complexity index is 1360.